The maximum absolute atomic E-state index is 13.0. The van der Waals surface area contributed by atoms with E-state index in [4.69, 9.17) is 0 Å². The molecule has 1 unspecified atom stereocenters. The zero-order valence-corrected chi connectivity index (χ0v) is 21.8. The fourth-order valence-electron chi connectivity index (χ4n) is 5.74. The minimum Gasteiger partial charge on any atom is -0.331 e. The van der Waals surface area contributed by atoms with E-state index in [2.05, 4.69) is 22.5 Å². The van der Waals surface area contributed by atoms with E-state index < -0.39 is 15.4 Å². The molecule has 3 aliphatic heterocycles. The van der Waals surface area contributed by atoms with Crippen molar-refractivity contribution in [2.75, 3.05) is 25.4 Å². The molecule has 1 aliphatic carbocycles. The van der Waals surface area contributed by atoms with E-state index in [1.165, 1.54) is 0 Å². The van der Waals surface area contributed by atoms with Crippen molar-refractivity contribution in [3.05, 3.63) is 54.1 Å². The van der Waals surface area contributed by atoms with E-state index in [-0.39, 0.29) is 17.3 Å². The lowest BCUT2D eigenvalue weighted by Gasteiger charge is -2.52. The number of benzene rings is 2. The van der Waals surface area contributed by atoms with Gasteiger partial charge in [0.05, 0.1) is 21.7 Å². The minimum absolute atomic E-state index is 0.127. The molecule has 7 heteroatoms. The minimum atomic E-state index is -3.20. The van der Waals surface area contributed by atoms with Crippen LogP contribution in [0.3, 0.4) is 0 Å². The molecule has 2 aromatic carbocycles. The Hall–Kier alpha value is -2.38. The fraction of sp³-hybridized carbons (Fsp3) is 0.536. The number of fused-ring (bicyclic) bond motifs is 3. The molecule has 2 aromatic rings. The van der Waals surface area contributed by atoms with Crippen molar-refractivity contribution in [2.24, 2.45) is 11.8 Å². The molecule has 6 nitrogen and oxygen atoms in total. The number of sulfone groups is 1. The summed E-state index contributed by atoms with van der Waals surface area (Å²) in [6.07, 6.45) is 4.34. The number of carbonyl (C=O) groups is 1. The van der Waals surface area contributed by atoms with E-state index in [0.29, 0.717) is 16.7 Å². The molecule has 4 aliphatic rings. The van der Waals surface area contributed by atoms with Gasteiger partial charge < -0.3 is 15.5 Å². The maximum atomic E-state index is 13.0. The number of carbonyl (C=O) groups excluding carboxylic acids is 1. The van der Waals surface area contributed by atoms with Crippen molar-refractivity contribution < 1.29 is 13.2 Å². The third-order valence-electron chi connectivity index (χ3n) is 8.17. The Balaban J connectivity index is 1.23. The highest BCUT2D eigenvalue weighted by molar-refractivity contribution is 7.91. The Morgan fingerprint density at radius 2 is 1.54 bits per heavy atom. The molecular weight excluding hydrogens is 458 g/mol. The van der Waals surface area contributed by atoms with Crippen LogP contribution in [-0.2, 0) is 15.4 Å². The Morgan fingerprint density at radius 3 is 2.06 bits per heavy atom. The molecule has 0 spiro atoms. The SMILES string of the molecule is CC(C)(NC(=O)NC1(C)CN2CCC1CC2)c1ccc(-c2ccc(S(=O)(=O)CC3CC3)cc2)cc1. The van der Waals surface area contributed by atoms with Gasteiger partial charge in [0, 0.05) is 6.54 Å². The number of urea groups is 1. The van der Waals surface area contributed by atoms with Crippen LogP contribution < -0.4 is 10.6 Å². The number of hydrogen-bond donors (Lipinski definition) is 2. The van der Waals surface area contributed by atoms with Crippen LogP contribution >= 0.6 is 0 Å². The quantitative estimate of drug-likeness (QED) is 0.590. The first-order chi connectivity index (χ1) is 16.5. The van der Waals surface area contributed by atoms with Gasteiger partial charge in [-0.05, 0) is 100 Å². The van der Waals surface area contributed by atoms with Crippen LogP contribution in [0.4, 0.5) is 4.79 Å². The summed E-state index contributed by atoms with van der Waals surface area (Å²) in [7, 11) is -3.20. The second-order valence-corrected chi connectivity index (χ2v) is 13.5. The van der Waals surface area contributed by atoms with Gasteiger partial charge >= 0.3 is 6.03 Å². The number of hydrogen-bond acceptors (Lipinski definition) is 4. The molecule has 188 valence electrons. The lowest BCUT2D eigenvalue weighted by molar-refractivity contribution is 0.0224. The molecule has 1 saturated carbocycles. The zero-order chi connectivity index (χ0) is 24.8. The summed E-state index contributed by atoms with van der Waals surface area (Å²) in [5.41, 5.74) is 2.28. The van der Waals surface area contributed by atoms with Crippen molar-refractivity contribution in [1.82, 2.24) is 15.5 Å². The van der Waals surface area contributed by atoms with Gasteiger partial charge in [-0.2, -0.15) is 0 Å². The lowest BCUT2D eigenvalue weighted by atomic mass is 9.74. The van der Waals surface area contributed by atoms with Crippen molar-refractivity contribution in [3.63, 3.8) is 0 Å². The van der Waals surface area contributed by atoms with E-state index in [0.717, 1.165) is 62.0 Å². The zero-order valence-electron chi connectivity index (χ0n) is 21.0. The van der Waals surface area contributed by atoms with Gasteiger partial charge in [-0.1, -0.05) is 36.4 Å². The first-order valence-electron chi connectivity index (χ1n) is 12.8. The Labute approximate surface area is 209 Å². The van der Waals surface area contributed by atoms with Crippen molar-refractivity contribution >= 4 is 15.9 Å². The second-order valence-electron chi connectivity index (χ2n) is 11.5. The highest BCUT2D eigenvalue weighted by atomic mass is 32.2. The first-order valence-corrected chi connectivity index (χ1v) is 14.5. The largest absolute Gasteiger partial charge is 0.331 e. The average molecular weight is 496 g/mol. The summed E-state index contributed by atoms with van der Waals surface area (Å²) in [6, 6.07) is 15.2. The smallest absolute Gasteiger partial charge is 0.315 e. The van der Waals surface area contributed by atoms with Crippen LogP contribution in [-0.4, -0.2) is 50.3 Å². The van der Waals surface area contributed by atoms with Gasteiger partial charge in [0.15, 0.2) is 9.84 Å². The highest BCUT2D eigenvalue weighted by Gasteiger charge is 2.44. The second kappa shape index (κ2) is 8.93. The number of rotatable bonds is 7. The molecular formula is C28H37N3O3S. The van der Waals surface area contributed by atoms with Crippen LogP contribution in [0.2, 0.25) is 0 Å². The first kappa shape index (κ1) is 24.3. The third-order valence-corrected chi connectivity index (χ3v) is 10.1. The Kier molecular flexibility index (Phi) is 6.20. The molecule has 0 aromatic heterocycles. The van der Waals surface area contributed by atoms with Crippen molar-refractivity contribution in [2.45, 2.75) is 62.4 Å². The van der Waals surface area contributed by atoms with Gasteiger partial charge in [-0.15, -0.1) is 0 Å². The van der Waals surface area contributed by atoms with Gasteiger partial charge in [0.25, 0.3) is 0 Å². The fourth-order valence-corrected chi connectivity index (χ4v) is 7.43. The molecule has 0 radical (unpaired) electrons. The third kappa shape index (κ3) is 5.26. The topological polar surface area (TPSA) is 78.5 Å². The summed E-state index contributed by atoms with van der Waals surface area (Å²) in [6.45, 7) is 9.40. The Morgan fingerprint density at radius 1 is 0.971 bits per heavy atom. The average Bonchev–Trinajstić information content (AvgIpc) is 3.62. The van der Waals surface area contributed by atoms with Crippen LogP contribution in [0.15, 0.2) is 53.4 Å². The molecule has 4 fully saturated rings. The van der Waals surface area contributed by atoms with Crippen LogP contribution in [0, 0.1) is 11.8 Å². The van der Waals surface area contributed by atoms with Crippen LogP contribution in [0.5, 0.6) is 0 Å². The summed E-state index contributed by atoms with van der Waals surface area (Å²) in [5.74, 6) is 1.13. The molecule has 1 atom stereocenters. The predicted octanol–water partition coefficient (Wildman–Crippen LogP) is 4.56. The van der Waals surface area contributed by atoms with Gasteiger partial charge in [0.1, 0.15) is 0 Å². The standard InChI is InChI=1S/C28H37N3O3S/c1-27(2,29-26(32)30-28(3)19-31-16-14-24(28)15-17-31)23-10-6-21(7-11-23)22-8-12-25(13-9-22)35(33,34)18-20-4-5-20/h6-13,20,24H,4-5,14-19H2,1-3H3,(H2,29,30,32). The summed E-state index contributed by atoms with van der Waals surface area (Å²) >= 11 is 0. The number of nitrogens with zero attached hydrogens (tertiary/aromatic N) is 1. The van der Waals surface area contributed by atoms with E-state index in [1.807, 2.05) is 50.2 Å². The van der Waals surface area contributed by atoms with Gasteiger partial charge in [0.2, 0.25) is 0 Å². The summed E-state index contributed by atoms with van der Waals surface area (Å²) in [5, 5.41) is 6.46. The van der Waals surface area contributed by atoms with Gasteiger partial charge in [-0.3, -0.25) is 0 Å². The molecule has 3 heterocycles. The molecule has 2 bridgehead atoms. The van der Waals surface area contributed by atoms with Crippen LogP contribution in [0.1, 0.15) is 52.0 Å². The molecule has 2 N–H and O–H groups in total. The van der Waals surface area contributed by atoms with Crippen LogP contribution in [0.25, 0.3) is 11.1 Å². The Bertz CT molecular complexity index is 1180. The van der Waals surface area contributed by atoms with Crippen molar-refractivity contribution in [3.8, 4) is 11.1 Å². The van der Waals surface area contributed by atoms with E-state index >= 15 is 0 Å². The highest BCUT2D eigenvalue weighted by Crippen LogP contribution is 2.36. The van der Waals surface area contributed by atoms with Gasteiger partial charge in [-0.25, -0.2) is 13.2 Å². The van der Waals surface area contributed by atoms with Crippen molar-refractivity contribution in [1.29, 1.82) is 0 Å². The monoisotopic (exact) mass is 495 g/mol. The number of amides is 2. The number of nitrogens with one attached hydrogen (secondary N) is 2. The molecule has 3 saturated heterocycles. The number of piperidine rings is 3. The molecule has 6 rings (SSSR count). The molecule has 2 amide bonds. The maximum Gasteiger partial charge on any atom is 0.315 e. The normalized spacial score (nSPS) is 26.4. The molecule has 35 heavy (non-hydrogen) atoms. The predicted molar refractivity (Wildman–Crippen MR) is 139 cm³/mol. The summed E-state index contributed by atoms with van der Waals surface area (Å²) < 4.78 is 25.0. The lowest BCUT2D eigenvalue weighted by Crippen LogP contribution is -2.67. The van der Waals surface area contributed by atoms with E-state index in [1.54, 1.807) is 12.1 Å². The van der Waals surface area contributed by atoms with E-state index in [9.17, 15) is 13.2 Å². The summed E-state index contributed by atoms with van der Waals surface area (Å²) in [4.78, 5) is 15.8.